The van der Waals surface area contributed by atoms with E-state index in [-0.39, 0.29) is 25.6 Å². The number of nitrogens with one attached hydrogen (secondary N) is 1. The van der Waals surface area contributed by atoms with Crippen LogP contribution in [0.2, 0.25) is 0 Å². The van der Waals surface area contributed by atoms with Crippen molar-refractivity contribution < 1.29 is 9.13 Å². The molecule has 0 bridgehead atoms. The SMILES string of the molecule is COc1ccc(Cn2c(NCc3cccnc3N)nc(=O)n(Cc3ccc(F)cc3)c2=O)cc1. The van der Waals surface area contributed by atoms with E-state index >= 15 is 0 Å². The number of nitrogens with zero attached hydrogens (tertiary/aromatic N) is 4. The van der Waals surface area contributed by atoms with Gasteiger partial charge in [-0.05, 0) is 41.5 Å². The summed E-state index contributed by atoms with van der Waals surface area (Å²) in [6.45, 7) is 0.337. The first-order valence-electron chi connectivity index (χ1n) is 10.5. The molecule has 0 radical (unpaired) electrons. The van der Waals surface area contributed by atoms with Gasteiger partial charge in [0.25, 0.3) is 0 Å². The molecule has 9 nitrogen and oxygen atoms in total. The Labute approximate surface area is 194 Å². The van der Waals surface area contributed by atoms with Crippen LogP contribution in [0.4, 0.5) is 16.2 Å². The Morgan fingerprint density at radius 3 is 2.26 bits per heavy atom. The van der Waals surface area contributed by atoms with Crippen LogP contribution >= 0.6 is 0 Å². The highest BCUT2D eigenvalue weighted by Crippen LogP contribution is 2.14. The minimum absolute atomic E-state index is 0.0383. The van der Waals surface area contributed by atoms with Crippen LogP contribution in [-0.4, -0.2) is 26.2 Å². The van der Waals surface area contributed by atoms with Crippen LogP contribution in [0.1, 0.15) is 16.7 Å². The number of ether oxygens (including phenoxy) is 1. The highest BCUT2D eigenvalue weighted by molar-refractivity contribution is 5.41. The number of hydrogen-bond acceptors (Lipinski definition) is 7. The number of anilines is 2. The monoisotopic (exact) mass is 462 g/mol. The molecule has 3 N–H and O–H groups in total. The summed E-state index contributed by atoms with van der Waals surface area (Å²) in [5, 5.41) is 3.04. The van der Waals surface area contributed by atoms with Gasteiger partial charge >= 0.3 is 11.4 Å². The van der Waals surface area contributed by atoms with E-state index in [1.807, 2.05) is 12.1 Å². The predicted molar refractivity (Wildman–Crippen MR) is 126 cm³/mol. The smallest absolute Gasteiger partial charge is 0.355 e. The minimum atomic E-state index is -0.720. The fraction of sp³-hybridized carbons (Fsp3) is 0.167. The molecular formula is C24H23FN6O3. The molecule has 0 spiro atoms. The van der Waals surface area contributed by atoms with Gasteiger partial charge in [-0.25, -0.2) is 23.5 Å². The standard InChI is InChI=1S/C24H23FN6O3/c1-34-20-10-6-17(7-11-20)14-30-22(28-13-18-3-2-12-27-21(18)26)29-23(32)31(24(30)33)15-16-4-8-19(25)9-5-16/h2-12H,13-15H2,1H3,(H2,26,27)(H,28,29,32). The first kappa shape index (κ1) is 22.7. The van der Waals surface area contributed by atoms with Gasteiger partial charge in [0.15, 0.2) is 0 Å². The van der Waals surface area contributed by atoms with Gasteiger partial charge < -0.3 is 15.8 Å². The zero-order valence-corrected chi connectivity index (χ0v) is 18.4. The maximum absolute atomic E-state index is 13.4. The van der Waals surface area contributed by atoms with Crippen molar-refractivity contribution in [3.8, 4) is 5.75 Å². The van der Waals surface area contributed by atoms with Crippen molar-refractivity contribution in [2.75, 3.05) is 18.2 Å². The lowest BCUT2D eigenvalue weighted by atomic mass is 10.2. The molecule has 0 fully saturated rings. The van der Waals surface area contributed by atoms with Crippen molar-refractivity contribution in [2.45, 2.75) is 19.6 Å². The van der Waals surface area contributed by atoms with Gasteiger partial charge in [0.05, 0.1) is 20.2 Å². The summed E-state index contributed by atoms with van der Waals surface area (Å²) in [4.78, 5) is 34.3. The second-order valence-corrected chi connectivity index (χ2v) is 7.55. The molecule has 0 aliphatic heterocycles. The zero-order valence-electron chi connectivity index (χ0n) is 18.4. The molecule has 2 aromatic heterocycles. The minimum Gasteiger partial charge on any atom is -0.497 e. The van der Waals surface area contributed by atoms with E-state index in [1.54, 1.807) is 37.6 Å². The average Bonchev–Trinajstić information content (AvgIpc) is 2.85. The molecule has 0 atom stereocenters. The Morgan fingerprint density at radius 2 is 1.62 bits per heavy atom. The van der Waals surface area contributed by atoms with Gasteiger partial charge in [-0.3, -0.25) is 4.57 Å². The van der Waals surface area contributed by atoms with Crippen molar-refractivity contribution in [3.05, 3.63) is 110 Å². The Kier molecular flexibility index (Phi) is 6.67. The van der Waals surface area contributed by atoms with Gasteiger partial charge in [-0.15, -0.1) is 0 Å². The summed E-state index contributed by atoms with van der Waals surface area (Å²) in [7, 11) is 1.57. The molecule has 0 saturated heterocycles. The molecule has 2 heterocycles. The third-order valence-electron chi connectivity index (χ3n) is 5.27. The van der Waals surface area contributed by atoms with E-state index in [2.05, 4.69) is 15.3 Å². The molecule has 34 heavy (non-hydrogen) atoms. The number of rotatable bonds is 8. The van der Waals surface area contributed by atoms with Gasteiger partial charge in [0, 0.05) is 18.3 Å². The quantitative estimate of drug-likeness (QED) is 0.412. The van der Waals surface area contributed by atoms with E-state index in [9.17, 15) is 14.0 Å². The third-order valence-corrected chi connectivity index (χ3v) is 5.27. The fourth-order valence-corrected chi connectivity index (χ4v) is 3.40. The van der Waals surface area contributed by atoms with E-state index in [0.29, 0.717) is 22.7 Å². The van der Waals surface area contributed by atoms with Crippen LogP contribution in [0.3, 0.4) is 0 Å². The first-order valence-corrected chi connectivity index (χ1v) is 10.5. The van der Waals surface area contributed by atoms with Crippen LogP contribution in [0.15, 0.2) is 76.4 Å². The average molecular weight is 462 g/mol. The van der Waals surface area contributed by atoms with Crippen molar-refractivity contribution in [1.82, 2.24) is 19.1 Å². The van der Waals surface area contributed by atoms with Gasteiger partial charge in [0.2, 0.25) is 5.95 Å². The number of nitrogen functional groups attached to an aromatic ring is 1. The molecule has 0 saturated carbocycles. The summed E-state index contributed by atoms with van der Waals surface area (Å²) in [5.41, 5.74) is 6.74. The maximum Gasteiger partial charge on any atom is 0.355 e. The number of benzene rings is 2. The van der Waals surface area contributed by atoms with Crippen molar-refractivity contribution >= 4 is 11.8 Å². The second-order valence-electron chi connectivity index (χ2n) is 7.55. The van der Waals surface area contributed by atoms with Crippen molar-refractivity contribution in [2.24, 2.45) is 0 Å². The molecule has 10 heteroatoms. The Bertz CT molecular complexity index is 1400. The van der Waals surface area contributed by atoms with E-state index in [4.69, 9.17) is 10.5 Å². The highest BCUT2D eigenvalue weighted by Gasteiger charge is 2.15. The summed E-state index contributed by atoms with van der Waals surface area (Å²) in [6, 6.07) is 16.3. The normalized spacial score (nSPS) is 10.8. The Balaban J connectivity index is 1.72. The third kappa shape index (κ3) is 5.12. The lowest BCUT2D eigenvalue weighted by Crippen LogP contribution is -2.43. The highest BCUT2D eigenvalue weighted by atomic mass is 19.1. The Hall–Kier alpha value is -4.47. The van der Waals surface area contributed by atoms with Crippen molar-refractivity contribution in [1.29, 1.82) is 0 Å². The van der Waals surface area contributed by atoms with E-state index in [0.717, 1.165) is 10.1 Å². The number of nitrogens with two attached hydrogens (primary N) is 1. The fourth-order valence-electron chi connectivity index (χ4n) is 3.40. The summed E-state index contributed by atoms with van der Waals surface area (Å²) < 4.78 is 20.9. The van der Waals surface area contributed by atoms with E-state index in [1.165, 1.54) is 28.8 Å². The lowest BCUT2D eigenvalue weighted by molar-refractivity contribution is 0.414. The number of methoxy groups -OCH3 is 1. The molecule has 2 aromatic carbocycles. The lowest BCUT2D eigenvalue weighted by Gasteiger charge is -2.16. The molecule has 0 aliphatic carbocycles. The molecule has 4 rings (SSSR count). The van der Waals surface area contributed by atoms with E-state index < -0.39 is 17.2 Å². The molecule has 4 aromatic rings. The molecule has 0 unspecified atom stereocenters. The Morgan fingerprint density at radius 1 is 0.971 bits per heavy atom. The number of hydrogen-bond donors (Lipinski definition) is 2. The zero-order chi connectivity index (χ0) is 24.1. The summed E-state index contributed by atoms with van der Waals surface area (Å²) in [6.07, 6.45) is 1.58. The van der Waals surface area contributed by atoms with Crippen LogP contribution < -0.4 is 27.2 Å². The van der Waals surface area contributed by atoms with Crippen LogP contribution in [0, 0.1) is 5.82 Å². The van der Waals surface area contributed by atoms with Crippen LogP contribution in [0.25, 0.3) is 0 Å². The molecule has 0 aliphatic rings. The second kappa shape index (κ2) is 9.99. The number of halogens is 1. The van der Waals surface area contributed by atoms with Crippen LogP contribution in [-0.2, 0) is 19.6 Å². The van der Waals surface area contributed by atoms with Gasteiger partial charge in [-0.2, -0.15) is 4.98 Å². The molecular weight excluding hydrogens is 439 g/mol. The number of pyridine rings is 1. The topological polar surface area (TPSA) is 117 Å². The first-order chi connectivity index (χ1) is 16.4. The molecule has 174 valence electrons. The van der Waals surface area contributed by atoms with Crippen molar-refractivity contribution in [3.63, 3.8) is 0 Å². The summed E-state index contributed by atoms with van der Waals surface area (Å²) in [5.74, 6) is 0.717. The van der Waals surface area contributed by atoms with Crippen LogP contribution in [0.5, 0.6) is 5.75 Å². The summed E-state index contributed by atoms with van der Waals surface area (Å²) >= 11 is 0. The predicted octanol–water partition coefficient (Wildman–Crippen LogP) is 2.24. The molecule has 0 amide bonds. The largest absolute Gasteiger partial charge is 0.497 e. The van der Waals surface area contributed by atoms with Gasteiger partial charge in [0.1, 0.15) is 17.4 Å². The maximum atomic E-state index is 13.4. The number of aromatic nitrogens is 4. The van der Waals surface area contributed by atoms with Gasteiger partial charge in [-0.1, -0.05) is 30.3 Å².